The average molecular weight is 791 g/mol. The molecule has 3 rings (SSSR count). The monoisotopic (exact) mass is 790 g/mol. The minimum atomic E-state index is -0.380. The third kappa shape index (κ3) is 23.6. The van der Waals surface area contributed by atoms with Crippen LogP contribution in [0, 0.1) is 0 Å². The molecule has 2 aliphatic heterocycles. The van der Waals surface area contributed by atoms with E-state index in [1.54, 1.807) is 0 Å². The van der Waals surface area contributed by atoms with Gasteiger partial charge in [-0.25, -0.2) is 9.59 Å². The van der Waals surface area contributed by atoms with Crippen LogP contribution in [0.15, 0.2) is 12.2 Å². The molecular formula is C37H66N4O12S. The highest BCUT2D eigenvalue weighted by Gasteiger charge is 2.42. The van der Waals surface area contributed by atoms with Gasteiger partial charge in [-0.3, -0.25) is 4.79 Å². The summed E-state index contributed by atoms with van der Waals surface area (Å²) in [5.41, 5.74) is 0. The van der Waals surface area contributed by atoms with Crippen LogP contribution in [-0.2, 0) is 47.4 Å². The summed E-state index contributed by atoms with van der Waals surface area (Å²) in [5, 5.41) is 12.0. The third-order valence-corrected chi connectivity index (χ3v) is 10.3. The van der Waals surface area contributed by atoms with Gasteiger partial charge in [0.15, 0.2) is 0 Å². The van der Waals surface area contributed by atoms with Crippen molar-refractivity contribution in [1.29, 1.82) is 0 Å². The lowest BCUT2D eigenvalue weighted by Crippen LogP contribution is -2.36. The second-order valence-corrected chi connectivity index (χ2v) is 14.3. The van der Waals surface area contributed by atoms with Gasteiger partial charge in [0.05, 0.1) is 118 Å². The molecule has 16 nitrogen and oxygen atoms in total. The molecule has 1 unspecified atom stereocenters. The van der Waals surface area contributed by atoms with Crippen molar-refractivity contribution in [1.82, 2.24) is 21.3 Å². The summed E-state index contributed by atoms with van der Waals surface area (Å²) < 4.78 is 49.4. The predicted molar refractivity (Wildman–Crippen MR) is 204 cm³/mol. The van der Waals surface area contributed by atoms with Crippen LogP contribution in [0.2, 0.25) is 0 Å². The lowest BCUT2D eigenvalue weighted by Gasteiger charge is -2.18. The molecule has 312 valence electrons. The Hall–Kier alpha value is -2.22. The molecule has 2 saturated heterocycles. The molecule has 54 heavy (non-hydrogen) atoms. The zero-order valence-corrected chi connectivity index (χ0v) is 32.9. The minimum Gasteiger partial charge on any atom is -0.446 e. The summed E-state index contributed by atoms with van der Waals surface area (Å²) in [6, 6.07) is 0.403. The number of hydrogen-bond acceptors (Lipinski definition) is 13. The van der Waals surface area contributed by atoms with Crippen molar-refractivity contribution in [2.24, 2.45) is 0 Å². The van der Waals surface area contributed by atoms with E-state index in [0.717, 1.165) is 57.1 Å². The molecule has 4 atom stereocenters. The van der Waals surface area contributed by atoms with E-state index in [-0.39, 0.29) is 36.2 Å². The Morgan fingerprint density at radius 2 is 1.17 bits per heavy atom. The Balaban J connectivity index is 0.915. The summed E-state index contributed by atoms with van der Waals surface area (Å²) in [6.07, 6.45) is 12.1. The van der Waals surface area contributed by atoms with Crippen molar-refractivity contribution >= 4 is 29.8 Å². The Morgan fingerprint density at radius 3 is 1.74 bits per heavy atom. The van der Waals surface area contributed by atoms with Gasteiger partial charge in [-0.15, -0.1) is 0 Å². The quantitative estimate of drug-likeness (QED) is 0.0433. The van der Waals surface area contributed by atoms with Crippen molar-refractivity contribution in [2.75, 3.05) is 125 Å². The smallest absolute Gasteiger partial charge is 0.407 e. The Labute approximate surface area is 325 Å². The summed E-state index contributed by atoms with van der Waals surface area (Å²) >= 11 is 1.90. The first-order valence-electron chi connectivity index (χ1n) is 19.8. The fourth-order valence-corrected chi connectivity index (χ4v) is 7.47. The van der Waals surface area contributed by atoms with E-state index >= 15 is 0 Å². The van der Waals surface area contributed by atoms with E-state index in [9.17, 15) is 14.4 Å². The summed E-state index contributed by atoms with van der Waals surface area (Å²) in [4.78, 5) is 35.4. The minimum absolute atomic E-state index is 0.0117. The predicted octanol–water partition coefficient (Wildman–Crippen LogP) is 2.58. The number of urea groups is 1. The molecule has 0 radical (unpaired) electrons. The summed E-state index contributed by atoms with van der Waals surface area (Å²) in [6.45, 7) is 8.34. The number of hydrogen-bond donors (Lipinski definition) is 4. The van der Waals surface area contributed by atoms with Gasteiger partial charge in [-0.2, -0.15) is 11.8 Å². The van der Waals surface area contributed by atoms with E-state index in [1.165, 1.54) is 0 Å². The maximum atomic E-state index is 12.0. The number of ether oxygens (including phenoxy) is 9. The number of thioether (sulfide) groups is 1. The second kappa shape index (κ2) is 31.9. The van der Waals surface area contributed by atoms with Gasteiger partial charge in [-0.05, 0) is 44.9 Å². The molecule has 3 aliphatic rings. The van der Waals surface area contributed by atoms with Crippen LogP contribution in [0.5, 0.6) is 0 Å². The molecule has 17 heteroatoms. The van der Waals surface area contributed by atoms with Crippen LogP contribution in [0.1, 0.15) is 57.8 Å². The first-order chi connectivity index (χ1) is 26.6. The van der Waals surface area contributed by atoms with Gasteiger partial charge in [0.25, 0.3) is 0 Å². The van der Waals surface area contributed by atoms with Crippen molar-refractivity contribution in [3.05, 3.63) is 12.2 Å². The molecule has 2 heterocycles. The number of carbonyl (C=O) groups excluding carboxylic acids is 3. The van der Waals surface area contributed by atoms with Gasteiger partial charge in [-0.1, -0.05) is 18.6 Å². The number of nitrogens with one attached hydrogen (secondary N) is 4. The molecule has 0 spiro atoms. The molecule has 2 fully saturated rings. The maximum absolute atomic E-state index is 12.0. The van der Waals surface area contributed by atoms with E-state index < -0.39 is 0 Å². The largest absolute Gasteiger partial charge is 0.446 e. The zero-order valence-electron chi connectivity index (χ0n) is 32.1. The highest BCUT2D eigenvalue weighted by molar-refractivity contribution is 8.00. The SMILES string of the molecule is O=C(CCCC[C@@H]1SC[C@@H]2NC(=O)N[C@@H]21)NCCOCCOCCOCCOCCOCCOCCOCCOCCNC(=O)OC1CCC=CCCC1. The van der Waals surface area contributed by atoms with Crippen LogP contribution in [0.3, 0.4) is 0 Å². The molecule has 0 aromatic rings. The van der Waals surface area contributed by atoms with Gasteiger partial charge < -0.3 is 63.9 Å². The van der Waals surface area contributed by atoms with Crippen LogP contribution in [-0.4, -0.2) is 166 Å². The molecule has 1 aliphatic carbocycles. The number of alkyl carbamates (subject to hydrolysis) is 1. The summed E-state index contributed by atoms with van der Waals surface area (Å²) in [7, 11) is 0. The molecule has 0 saturated carbocycles. The van der Waals surface area contributed by atoms with E-state index in [2.05, 4.69) is 33.4 Å². The topological polar surface area (TPSA) is 182 Å². The van der Waals surface area contributed by atoms with Gasteiger partial charge in [0.2, 0.25) is 5.91 Å². The van der Waals surface area contributed by atoms with Crippen molar-refractivity contribution in [3.63, 3.8) is 0 Å². The van der Waals surface area contributed by atoms with Crippen molar-refractivity contribution < 1.29 is 57.0 Å². The number of rotatable bonds is 33. The molecular weight excluding hydrogens is 724 g/mol. The number of allylic oxidation sites excluding steroid dienone is 2. The van der Waals surface area contributed by atoms with Crippen molar-refractivity contribution in [3.8, 4) is 0 Å². The normalized spacial score (nSPS) is 20.9. The molecule has 0 aromatic heterocycles. The highest BCUT2D eigenvalue weighted by Crippen LogP contribution is 2.33. The molecule has 4 N–H and O–H groups in total. The Kier molecular flexibility index (Phi) is 27.3. The van der Waals surface area contributed by atoms with Crippen LogP contribution < -0.4 is 21.3 Å². The lowest BCUT2D eigenvalue weighted by molar-refractivity contribution is -0.121. The number of unbranched alkanes of at least 4 members (excludes halogenated alkanes) is 1. The average Bonchev–Trinajstić information content (AvgIpc) is 3.71. The Bertz CT molecular complexity index is 1020. The first kappa shape index (κ1) is 46.2. The first-order valence-corrected chi connectivity index (χ1v) is 20.8. The number of carbonyl (C=O) groups is 3. The van der Waals surface area contributed by atoms with E-state index in [4.69, 9.17) is 42.6 Å². The number of amides is 4. The third-order valence-electron chi connectivity index (χ3n) is 8.76. The molecule has 0 bridgehead atoms. The van der Waals surface area contributed by atoms with Gasteiger partial charge in [0, 0.05) is 30.5 Å². The standard InChI is InChI=1S/C37H66N4O12S/c42-34(11-7-6-10-33-35-32(30-54-33)40-36(43)41-35)38-12-14-45-16-18-47-20-22-49-24-26-51-28-29-52-27-25-50-23-21-48-19-17-46-15-13-39-37(44)53-31-8-4-2-1-3-5-9-31/h1-2,31-33,35H,3-30H2,(H,38,42)(H,39,44)(H2,40,41,43)/t31?,32-,33-,35-/m0/s1. The summed E-state index contributed by atoms with van der Waals surface area (Å²) in [5.74, 6) is 1.000. The fraction of sp³-hybridized carbons (Fsp3) is 0.865. The van der Waals surface area contributed by atoms with Gasteiger partial charge >= 0.3 is 12.1 Å². The van der Waals surface area contributed by atoms with Gasteiger partial charge in [0.1, 0.15) is 6.10 Å². The van der Waals surface area contributed by atoms with E-state index in [0.29, 0.717) is 130 Å². The number of fused-ring (bicyclic) bond motifs is 1. The van der Waals surface area contributed by atoms with Crippen LogP contribution >= 0.6 is 11.8 Å². The highest BCUT2D eigenvalue weighted by atomic mass is 32.2. The van der Waals surface area contributed by atoms with Crippen LogP contribution in [0.4, 0.5) is 9.59 Å². The lowest BCUT2D eigenvalue weighted by atomic mass is 10.0. The Morgan fingerprint density at radius 1 is 0.648 bits per heavy atom. The van der Waals surface area contributed by atoms with Crippen molar-refractivity contribution in [2.45, 2.75) is 81.2 Å². The fourth-order valence-electron chi connectivity index (χ4n) is 5.93. The van der Waals surface area contributed by atoms with E-state index in [1.807, 2.05) is 11.8 Å². The van der Waals surface area contributed by atoms with Crippen LogP contribution in [0.25, 0.3) is 0 Å². The zero-order chi connectivity index (χ0) is 38.2. The maximum Gasteiger partial charge on any atom is 0.407 e. The second-order valence-electron chi connectivity index (χ2n) is 13.1. The molecule has 4 amide bonds. The molecule has 0 aromatic carbocycles.